The fraction of sp³-hybridized carbons (Fsp3) is 0.500. The summed E-state index contributed by atoms with van der Waals surface area (Å²) in [7, 11) is 1.90. The standard InChI is InChI=1S/C20H24F2N4OS/c1-25-18-5-3-14(23-12-13-2-4-16(21)17(22)10-13)11-15(18)19(24-25)20(27)26-6-8-28-9-7-26/h2,4,10,14,23H,3,5-9,11-12H2,1H3. The first kappa shape index (κ1) is 19.4. The third kappa shape index (κ3) is 3.93. The zero-order valence-electron chi connectivity index (χ0n) is 15.9. The van der Waals surface area contributed by atoms with E-state index in [1.165, 1.54) is 6.07 Å². The van der Waals surface area contributed by atoms with Crippen LogP contribution in [0.4, 0.5) is 8.78 Å². The Balaban J connectivity index is 1.46. The number of nitrogens with one attached hydrogen (secondary N) is 1. The lowest BCUT2D eigenvalue weighted by molar-refractivity contribution is 0.0764. The number of aromatic nitrogens is 2. The van der Waals surface area contributed by atoms with Gasteiger partial charge in [-0.1, -0.05) is 6.07 Å². The number of hydrogen-bond donors (Lipinski definition) is 1. The molecule has 5 nitrogen and oxygen atoms in total. The number of aryl methyl sites for hydroxylation is 1. The molecule has 1 N–H and O–H groups in total. The monoisotopic (exact) mass is 406 g/mol. The first-order valence-electron chi connectivity index (χ1n) is 9.62. The van der Waals surface area contributed by atoms with Crippen molar-refractivity contribution in [2.24, 2.45) is 7.05 Å². The molecule has 1 aliphatic heterocycles. The largest absolute Gasteiger partial charge is 0.336 e. The summed E-state index contributed by atoms with van der Waals surface area (Å²) in [4.78, 5) is 14.9. The van der Waals surface area contributed by atoms with Gasteiger partial charge in [-0.05, 0) is 37.0 Å². The maximum absolute atomic E-state index is 13.4. The molecular weight excluding hydrogens is 382 g/mol. The fourth-order valence-corrected chi connectivity index (χ4v) is 4.87. The van der Waals surface area contributed by atoms with Crippen molar-refractivity contribution in [3.63, 3.8) is 0 Å². The predicted molar refractivity (Wildman–Crippen MR) is 105 cm³/mol. The van der Waals surface area contributed by atoms with Gasteiger partial charge in [0.05, 0.1) is 0 Å². The number of thioether (sulfide) groups is 1. The average molecular weight is 407 g/mol. The average Bonchev–Trinajstić information content (AvgIpc) is 3.05. The van der Waals surface area contributed by atoms with E-state index in [1.54, 1.807) is 6.07 Å². The summed E-state index contributed by atoms with van der Waals surface area (Å²) in [5.74, 6) is 0.308. The van der Waals surface area contributed by atoms with Crippen LogP contribution in [0.2, 0.25) is 0 Å². The van der Waals surface area contributed by atoms with E-state index in [2.05, 4.69) is 10.4 Å². The molecule has 0 spiro atoms. The molecule has 1 saturated heterocycles. The van der Waals surface area contributed by atoms with Crippen LogP contribution in [0.15, 0.2) is 18.2 Å². The molecule has 1 aromatic carbocycles. The van der Waals surface area contributed by atoms with Crippen LogP contribution in [0.25, 0.3) is 0 Å². The summed E-state index contributed by atoms with van der Waals surface area (Å²) in [6.45, 7) is 2.00. The van der Waals surface area contributed by atoms with Crippen molar-refractivity contribution in [3.8, 4) is 0 Å². The first-order chi connectivity index (χ1) is 13.5. The van der Waals surface area contributed by atoms with Gasteiger partial charge < -0.3 is 10.2 Å². The number of hydrogen-bond acceptors (Lipinski definition) is 4. The minimum atomic E-state index is -0.833. The van der Waals surface area contributed by atoms with Gasteiger partial charge in [-0.2, -0.15) is 16.9 Å². The van der Waals surface area contributed by atoms with E-state index in [1.807, 2.05) is 28.4 Å². The molecule has 1 aliphatic carbocycles. The molecular formula is C20H24F2N4OS. The van der Waals surface area contributed by atoms with Crippen molar-refractivity contribution >= 4 is 17.7 Å². The molecule has 1 atom stereocenters. The molecule has 0 bridgehead atoms. The Morgan fingerprint density at radius 2 is 2.07 bits per heavy atom. The molecule has 2 aromatic rings. The molecule has 0 radical (unpaired) electrons. The summed E-state index contributed by atoms with van der Waals surface area (Å²) < 4.78 is 28.3. The van der Waals surface area contributed by atoms with Crippen LogP contribution in [0, 0.1) is 11.6 Å². The molecule has 2 aliphatic rings. The highest BCUT2D eigenvalue weighted by molar-refractivity contribution is 7.99. The van der Waals surface area contributed by atoms with Crippen molar-refractivity contribution in [2.75, 3.05) is 24.6 Å². The number of nitrogens with zero attached hydrogens (tertiary/aromatic N) is 3. The second-order valence-corrected chi connectivity index (χ2v) is 8.60. The second kappa shape index (κ2) is 8.21. The SMILES string of the molecule is Cn1nc(C(=O)N2CCSCC2)c2c1CCC(NCc1ccc(F)c(F)c1)C2. The van der Waals surface area contributed by atoms with Crippen LogP contribution in [0.3, 0.4) is 0 Å². The van der Waals surface area contributed by atoms with Gasteiger partial charge in [-0.3, -0.25) is 9.48 Å². The Bertz CT molecular complexity index is 879. The molecule has 1 aromatic heterocycles. The third-order valence-electron chi connectivity index (χ3n) is 5.53. The van der Waals surface area contributed by atoms with Gasteiger partial charge >= 0.3 is 0 Å². The van der Waals surface area contributed by atoms with E-state index in [0.29, 0.717) is 17.8 Å². The summed E-state index contributed by atoms with van der Waals surface area (Å²) in [6.07, 6.45) is 2.48. The summed E-state index contributed by atoms with van der Waals surface area (Å²) >= 11 is 1.87. The van der Waals surface area contributed by atoms with Crippen molar-refractivity contribution < 1.29 is 13.6 Å². The molecule has 150 valence electrons. The van der Waals surface area contributed by atoms with E-state index in [4.69, 9.17) is 0 Å². The Hall–Kier alpha value is -1.93. The quantitative estimate of drug-likeness (QED) is 0.848. The van der Waals surface area contributed by atoms with E-state index in [-0.39, 0.29) is 11.9 Å². The van der Waals surface area contributed by atoms with Crippen molar-refractivity contribution in [1.29, 1.82) is 0 Å². The van der Waals surface area contributed by atoms with Gasteiger partial charge in [0.25, 0.3) is 5.91 Å². The van der Waals surface area contributed by atoms with Gasteiger partial charge in [-0.25, -0.2) is 8.78 Å². The lowest BCUT2D eigenvalue weighted by Gasteiger charge is -2.27. The Morgan fingerprint density at radius 3 is 2.82 bits per heavy atom. The molecule has 1 amide bonds. The Kier molecular flexibility index (Phi) is 5.68. The van der Waals surface area contributed by atoms with E-state index >= 15 is 0 Å². The number of amides is 1. The van der Waals surface area contributed by atoms with Crippen molar-refractivity contribution in [3.05, 3.63) is 52.3 Å². The molecule has 0 saturated carbocycles. The molecule has 4 rings (SSSR count). The van der Waals surface area contributed by atoms with Crippen molar-refractivity contribution in [2.45, 2.75) is 31.8 Å². The number of benzene rings is 1. The number of halogens is 2. The van der Waals surface area contributed by atoms with Crippen molar-refractivity contribution in [1.82, 2.24) is 20.0 Å². The number of carbonyl (C=O) groups is 1. The van der Waals surface area contributed by atoms with Crippen LogP contribution in [0.1, 0.15) is 33.7 Å². The molecule has 1 unspecified atom stereocenters. The topological polar surface area (TPSA) is 50.2 Å². The van der Waals surface area contributed by atoms with Gasteiger partial charge in [0, 0.05) is 55.5 Å². The fourth-order valence-electron chi connectivity index (χ4n) is 3.96. The Morgan fingerprint density at radius 1 is 1.29 bits per heavy atom. The lowest BCUT2D eigenvalue weighted by atomic mass is 9.91. The zero-order chi connectivity index (χ0) is 19.7. The number of carbonyl (C=O) groups excluding carboxylic acids is 1. The number of rotatable bonds is 4. The highest BCUT2D eigenvalue weighted by Crippen LogP contribution is 2.26. The minimum Gasteiger partial charge on any atom is -0.336 e. The first-order valence-corrected chi connectivity index (χ1v) is 10.8. The van der Waals surface area contributed by atoms with E-state index in [9.17, 15) is 13.6 Å². The maximum Gasteiger partial charge on any atom is 0.274 e. The second-order valence-electron chi connectivity index (χ2n) is 7.37. The minimum absolute atomic E-state index is 0.0263. The highest BCUT2D eigenvalue weighted by atomic mass is 32.2. The zero-order valence-corrected chi connectivity index (χ0v) is 16.7. The normalized spacial score (nSPS) is 19.5. The van der Waals surface area contributed by atoms with Gasteiger partial charge in [0.1, 0.15) is 0 Å². The summed E-state index contributed by atoms with van der Waals surface area (Å²) in [5.41, 5.74) is 3.43. The van der Waals surface area contributed by atoms with E-state index < -0.39 is 11.6 Å². The van der Waals surface area contributed by atoms with Gasteiger partial charge in [0.15, 0.2) is 17.3 Å². The molecule has 2 heterocycles. The van der Waals surface area contributed by atoms with Gasteiger partial charge in [0.2, 0.25) is 0 Å². The Labute approximate surface area is 167 Å². The highest BCUT2D eigenvalue weighted by Gasteiger charge is 2.30. The maximum atomic E-state index is 13.4. The molecule has 1 fully saturated rings. The summed E-state index contributed by atoms with van der Waals surface area (Å²) in [5, 5.41) is 7.97. The molecule has 28 heavy (non-hydrogen) atoms. The summed E-state index contributed by atoms with van der Waals surface area (Å²) in [6, 6.07) is 4.14. The third-order valence-corrected chi connectivity index (χ3v) is 6.48. The lowest BCUT2D eigenvalue weighted by Crippen LogP contribution is -2.39. The molecule has 8 heteroatoms. The number of fused-ring (bicyclic) bond motifs is 1. The van der Waals surface area contributed by atoms with Crippen LogP contribution in [0.5, 0.6) is 0 Å². The van der Waals surface area contributed by atoms with Crippen LogP contribution >= 0.6 is 11.8 Å². The van der Waals surface area contributed by atoms with Gasteiger partial charge in [-0.15, -0.1) is 0 Å². The van der Waals surface area contributed by atoms with Crippen LogP contribution in [-0.2, 0) is 26.4 Å². The van der Waals surface area contributed by atoms with Crippen LogP contribution < -0.4 is 5.32 Å². The predicted octanol–water partition coefficient (Wildman–Crippen LogP) is 2.53. The van der Waals surface area contributed by atoms with Crippen LogP contribution in [-0.4, -0.2) is 51.2 Å². The smallest absolute Gasteiger partial charge is 0.274 e. The van der Waals surface area contributed by atoms with E-state index in [0.717, 1.165) is 61.2 Å².